The first kappa shape index (κ1) is 16.6. The molecule has 0 bridgehead atoms. The number of nitrogens with zero attached hydrogens (tertiary/aromatic N) is 2. The minimum Gasteiger partial charge on any atom is -0.323 e. The Bertz CT molecular complexity index is 823. The molecule has 0 spiro atoms. The summed E-state index contributed by atoms with van der Waals surface area (Å²) in [6.45, 7) is 2.22. The van der Waals surface area contributed by atoms with Crippen LogP contribution in [0.3, 0.4) is 0 Å². The fourth-order valence-corrected chi connectivity index (χ4v) is 4.39. The van der Waals surface area contributed by atoms with Gasteiger partial charge in [0, 0.05) is 17.3 Å². The molecule has 0 fully saturated rings. The van der Waals surface area contributed by atoms with Gasteiger partial charge in [-0.05, 0) is 55.1 Å². The summed E-state index contributed by atoms with van der Waals surface area (Å²) < 4.78 is 0. The van der Waals surface area contributed by atoms with Crippen LogP contribution in [0.25, 0.3) is 0 Å². The third-order valence-corrected chi connectivity index (χ3v) is 5.38. The molecule has 0 radical (unpaired) electrons. The molecule has 2 aromatic heterocycles. The van der Waals surface area contributed by atoms with Crippen molar-refractivity contribution in [3.63, 3.8) is 0 Å². The lowest BCUT2D eigenvalue weighted by Gasteiger charge is -2.17. The van der Waals surface area contributed by atoms with Gasteiger partial charge in [-0.3, -0.25) is 15.1 Å². The van der Waals surface area contributed by atoms with Crippen molar-refractivity contribution in [3.05, 3.63) is 46.1 Å². The molecule has 122 valence electrons. The lowest BCUT2D eigenvalue weighted by atomic mass is 9.89. The van der Waals surface area contributed by atoms with Crippen LogP contribution in [-0.4, -0.2) is 16.0 Å². The Labute approximate surface area is 149 Å². The number of nitriles is 1. The Hall–Kier alpha value is -2.30. The fourth-order valence-electron chi connectivity index (χ4n) is 2.76. The number of amides is 1. The van der Waals surface area contributed by atoms with E-state index >= 15 is 0 Å². The summed E-state index contributed by atoms with van der Waals surface area (Å²) in [6, 6.07) is 5.63. The maximum atomic E-state index is 12.1. The molecule has 0 saturated carbocycles. The average Bonchev–Trinajstić information content (AvgIpc) is 2.91. The summed E-state index contributed by atoms with van der Waals surface area (Å²) in [7, 11) is 0. The van der Waals surface area contributed by atoms with Gasteiger partial charge in [0.05, 0.1) is 11.1 Å². The molecule has 7 heteroatoms. The number of rotatable bonds is 2. The number of anilines is 1. The lowest BCUT2D eigenvalue weighted by molar-refractivity contribution is 0.0977. The molecule has 1 amide bonds. The van der Waals surface area contributed by atoms with Crippen LogP contribution in [0.2, 0.25) is 0 Å². The molecule has 1 aliphatic rings. The van der Waals surface area contributed by atoms with Crippen LogP contribution < -0.4 is 10.6 Å². The van der Waals surface area contributed by atoms with Crippen molar-refractivity contribution in [2.75, 3.05) is 5.32 Å². The molecule has 0 aromatic carbocycles. The van der Waals surface area contributed by atoms with Crippen LogP contribution in [-0.2, 0) is 12.8 Å². The monoisotopic (exact) mass is 356 g/mol. The van der Waals surface area contributed by atoms with E-state index < -0.39 is 0 Å². The molecular weight excluding hydrogens is 340 g/mol. The minimum absolute atomic E-state index is 0.187. The first-order valence-corrected chi connectivity index (χ1v) is 8.88. The predicted molar refractivity (Wildman–Crippen MR) is 98.1 cm³/mol. The molecule has 1 atom stereocenters. The molecule has 2 N–H and O–H groups in total. The van der Waals surface area contributed by atoms with E-state index in [4.69, 9.17) is 12.2 Å². The number of thiophene rings is 1. The van der Waals surface area contributed by atoms with E-state index in [0.29, 0.717) is 22.0 Å². The topological polar surface area (TPSA) is 77.8 Å². The van der Waals surface area contributed by atoms with Crippen LogP contribution in [0, 0.1) is 17.2 Å². The summed E-state index contributed by atoms with van der Waals surface area (Å²) in [6.07, 6.45) is 6.09. The van der Waals surface area contributed by atoms with Gasteiger partial charge < -0.3 is 5.32 Å². The van der Waals surface area contributed by atoms with Crippen molar-refractivity contribution in [1.29, 1.82) is 5.26 Å². The summed E-state index contributed by atoms with van der Waals surface area (Å²) >= 11 is 6.77. The second-order valence-corrected chi connectivity index (χ2v) is 7.33. The highest BCUT2D eigenvalue weighted by Gasteiger charge is 2.24. The Kier molecular flexibility index (Phi) is 4.88. The van der Waals surface area contributed by atoms with Crippen molar-refractivity contribution in [2.45, 2.75) is 26.2 Å². The molecule has 2 aromatic rings. The molecular formula is C17H16N4OS2. The highest BCUT2D eigenvalue weighted by atomic mass is 32.1. The van der Waals surface area contributed by atoms with E-state index in [2.05, 4.69) is 28.6 Å². The number of carbonyl (C=O) groups excluding carboxylic acids is 1. The quantitative estimate of drug-likeness (QED) is 0.808. The van der Waals surface area contributed by atoms with E-state index in [1.54, 1.807) is 29.7 Å². The van der Waals surface area contributed by atoms with Gasteiger partial charge in [0.1, 0.15) is 11.1 Å². The zero-order valence-corrected chi connectivity index (χ0v) is 14.8. The van der Waals surface area contributed by atoms with Crippen molar-refractivity contribution in [1.82, 2.24) is 10.3 Å². The number of hydrogen-bond donors (Lipinski definition) is 2. The van der Waals surface area contributed by atoms with Gasteiger partial charge in [-0.2, -0.15) is 5.26 Å². The molecule has 2 heterocycles. The number of thiocarbonyl (C=S) groups is 1. The maximum absolute atomic E-state index is 12.1. The summed E-state index contributed by atoms with van der Waals surface area (Å²) in [5.41, 5.74) is 2.21. The van der Waals surface area contributed by atoms with Crippen molar-refractivity contribution >= 4 is 39.6 Å². The molecule has 0 saturated heterocycles. The van der Waals surface area contributed by atoms with Crippen LogP contribution in [0.5, 0.6) is 0 Å². The number of fused-ring (bicyclic) bond motifs is 1. The summed E-state index contributed by atoms with van der Waals surface area (Å²) in [4.78, 5) is 17.3. The Morgan fingerprint density at radius 2 is 2.38 bits per heavy atom. The Morgan fingerprint density at radius 3 is 3.08 bits per heavy atom. The third kappa shape index (κ3) is 3.45. The fraction of sp³-hybridized carbons (Fsp3) is 0.294. The van der Waals surface area contributed by atoms with Crippen molar-refractivity contribution in [2.24, 2.45) is 5.92 Å². The number of pyridine rings is 1. The zero-order valence-electron chi connectivity index (χ0n) is 13.1. The minimum atomic E-state index is -0.325. The summed E-state index contributed by atoms with van der Waals surface area (Å²) in [5.74, 6) is 0.307. The van der Waals surface area contributed by atoms with Gasteiger partial charge in [-0.15, -0.1) is 11.3 Å². The van der Waals surface area contributed by atoms with Crippen molar-refractivity contribution < 1.29 is 4.79 Å². The molecule has 0 unspecified atom stereocenters. The highest BCUT2D eigenvalue weighted by Crippen LogP contribution is 2.39. The number of aromatic nitrogens is 1. The van der Waals surface area contributed by atoms with E-state index in [1.165, 1.54) is 11.1 Å². The molecule has 24 heavy (non-hydrogen) atoms. The number of carbonyl (C=O) groups is 1. The normalized spacial score (nSPS) is 15.9. The van der Waals surface area contributed by atoms with Crippen LogP contribution in [0.15, 0.2) is 24.5 Å². The first-order chi connectivity index (χ1) is 11.6. The average molecular weight is 356 g/mol. The van der Waals surface area contributed by atoms with Gasteiger partial charge in [0.25, 0.3) is 5.91 Å². The van der Waals surface area contributed by atoms with Crippen LogP contribution in [0.1, 0.15) is 39.7 Å². The third-order valence-electron chi connectivity index (χ3n) is 4.00. The standard InChI is InChI=1S/C17H16N4OS2/c1-10-4-5-12-13(8-18)16(24-14(12)7-10)21-17(23)20-15(22)11-3-2-6-19-9-11/h2-3,6,9-10H,4-5,7H2,1H3,(H2,20,21,22,23)/t10-/m1/s1. The van der Waals surface area contributed by atoms with E-state index in [-0.39, 0.29) is 11.0 Å². The smallest absolute Gasteiger partial charge is 0.258 e. The zero-order chi connectivity index (χ0) is 17.1. The molecule has 0 aliphatic heterocycles. The Morgan fingerprint density at radius 1 is 1.54 bits per heavy atom. The second kappa shape index (κ2) is 7.07. The Balaban J connectivity index is 1.73. The first-order valence-electron chi connectivity index (χ1n) is 7.65. The van der Waals surface area contributed by atoms with E-state index in [0.717, 1.165) is 24.8 Å². The summed E-state index contributed by atoms with van der Waals surface area (Å²) in [5, 5.41) is 16.0. The largest absolute Gasteiger partial charge is 0.323 e. The van der Waals surface area contributed by atoms with Gasteiger partial charge in [-0.25, -0.2) is 0 Å². The predicted octanol–water partition coefficient (Wildman–Crippen LogP) is 3.27. The number of nitrogens with one attached hydrogen (secondary N) is 2. The molecule has 5 nitrogen and oxygen atoms in total. The highest BCUT2D eigenvalue weighted by molar-refractivity contribution is 7.80. The van der Waals surface area contributed by atoms with Crippen LogP contribution in [0.4, 0.5) is 5.00 Å². The van der Waals surface area contributed by atoms with Gasteiger partial charge in [0.2, 0.25) is 0 Å². The van der Waals surface area contributed by atoms with Crippen LogP contribution >= 0.6 is 23.6 Å². The van der Waals surface area contributed by atoms with Gasteiger partial charge in [-0.1, -0.05) is 6.92 Å². The van der Waals surface area contributed by atoms with E-state index in [9.17, 15) is 10.1 Å². The van der Waals surface area contributed by atoms with Gasteiger partial charge >= 0.3 is 0 Å². The maximum Gasteiger partial charge on any atom is 0.258 e. The number of hydrogen-bond acceptors (Lipinski definition) is 5. The SMILES string of the molecule is C[C@@H]1CCc2c(sc(NC(=S)NC(=O)c3cccnc3)c2C#N)C1. The molecule has 3 rings (SSSR count). The van der Waals surface area contributed by atoms with Gasteiger partial charge in [0.15, 0.2) is 5.11 Å². The molecule has 1 aliphatic carbocycles. The second-order valence-electron chi connectivity index (χ2n) is 5.82. The van der Waals surface area contributed by atoms with E-state index in [1.807, 2.05) is 0 Å². The van der Waals surface area contributed by atoms with Crippen molar-refractivity contribution in [3.8, 4) is 6.07 Å². The lowest BCUT2D eigenvalue weighted by Crippen LogP contribution is -2.34.